The van der Waals surface area contributed by atoms with Gasteiger partial charge in [0.2, 0.25) is 5.91 Å². The van der Waals surface area contributed by atoms with Crippen molar-refractivity contribution in [3.8, 4) is 17.2 Å². The number of anilines is 2. The molecule has 0 aromatic heterocycles. The minimum absolute atomic E-state index is 0.289. The molecule has 198 valence electrons. The second-order valence-electron chi connectivity index (χ2n) is 9.06. The molecule has 0 unspecified atom stereocenters. The number of nitrogens with one attached hydrogen (secondary N) is 1. The normalized spacial score (nSPS) is 13.8. The molecule has 1 fully saturated rings. The number of amides is 1. The quantitative estimate of drug-likeness (QED) is 0.253. The number of benzene rings is 3. The summed E-state index contributed by atoms with van der Waals surface area (Å²) in [5, 5.41) is 2.98. The maximum absolute atomic E-state index is 12.9. The van der Waals surface area contributed by atoms with E-state index in [0.29, 0.717) is 29.4 Å². The van der Waals surface area contributed by atoms with Crippen molar-refractivity contribution in [2.45, 2.75) is 13.5 Å². The molecule has 1 saturated heterocycles. The fraction of sp³-hybridized carbons (Fsp3) is 0.267. The minimum Gasteiger partial charge on any atom is -0.493 e. The number of likely N-dealkylation sites (N-methyl/N-ethyl adjacent to an activating group) is 1. The Hall–Kier alpha value is -4.30. The molecule has 1 heterocycles. The zero-order chi connectivity index (χ0) is 26.9. The van der Waals surface area contributed by atoms with Crippen LogP contribution in [0.2, 0.25) is 0 Å². The topological polar surface area (TPSA) is 80.3 Å². The molecule has 0 spiro atoms. The van der Waals surface area contributed by atoms with Crippen LogP contribution in [-0.4, -0.2) is 57.1 Å². The highest BCUT2D eigenvalue weighted by molar-refractivity contribution is 6.02. The summed E-state index contributed by atoms with van der Waals surface area (Å²) in [4.78, 5) is 28.9. The summed E-state index contributed by atoms with van der Waals surface area (Å²) in [5.41, 5.74) is 3.36. The van der Waals surface area contributed by atoms with E-state index in [1.54, 1.807) is 24.3 Å². The van der Waals surface area contributed by atoms with Gasteiger partial charge in [-0.25, -0.2) is 0 Å². The van der Waals surface area contributed by atoms with E-state index in [-0.39, 0.29) is 5.91 Å². The van der Waals surface area contributed by atoms with Gasteiger partial charge in [-0.05, 0) is 61.2 Å². The number of methoxy groups -OCH3 is 1. The molecule has 1 N–H and O–H groups in total. The molecule has 8 heteroatoms. The van der Waals surface area contributed by atoms with Gasteiger partial charge >= 0.3 is 5.97 Å². The van der Waals surface area contributed by atoms with Crippen LogP contribution in [0.3, 0.4) is 0 Å². The zero-order valence-electron chi connectivity index (χ0n) is 22.0. The third-order valence-electron chi connectivity index (χ3n) is 6.22. The number of carbonyl (C=O) groups excluding carboxylic acids is 2. The van der Waals surface area contributed by atoms with Crippen LogP contribution >= 0.6 is 0 Å². The van der Waals surface area contributed by atoms with Crippen LogP contribution < -0.4 is 24.4 Å². The maximum Gasteiger partial charge on any atom is 0.308 e. The van der Waals surface area contributed by atoms with Crippen LogP contribution in [0.15, 0.2) is 72.8 Å². The van der Waals surface area contributed by atoms with Crippen LogP contribution in [-0.2, 0) is 16.2 Å². The van der Waals surface area contributed by atoms with Gasteiger partial charge in [0.15, 0.2) is 11.5 Å². The molecule has 0 saturated carbocycles. The molecule has 0 bridgehead atoms. The number of ether oxygens (including phenoxy) is 3. The highest BCUT2D eigenvalue weighted by atomic mass is 16.6. The number of para-hydroxylation sites is 1. The van der Waals surface area contributed by atoms with Crippen LogP contribution in [0.4, 0.5) is 11.4 Å². The van der Waals surface area contributed by atoms with Gasteiger partial charge in [0.05, 0.1) is 7.11 Å². The number of hydrogen-bond donors (Lipinski definition) is 1. The number of rotatable bonds is 9. The van der Waals surface area contributed by atoms with Crippen LogP contribution in [0.5, 0.6) is 17.2 Å². The van der Waals surface area contributed by atoms with E-state index in [0.717, 1.165) is 43.2 Å². The minimum atomic E-state index is -0.451. The first-order valence-electron chi connectivity index (χ1n) is 12.5. The van der Waals surface area contributed by atoms with E-state index in [1.165, 1.54) is 20.1 Å². The average Bonchev–Trinajstić information content (AvgIpc) is 2.92. The molecule has 1 aliphatic rings. The summed E-state index contributed by atoms with van der Waals surface area (Å²) in [5.74, 6) is 0.751. The lowest BCUT2D eigenvalue weighted by molar-refractivity contribution is -0.132. The molecule has 3 aromatic carbocycles. The van der Waals surface area contributed by atoms with Crippen molar-refractivity contribution in [2.24, 2.45) is 0 Å². The zero-order valence-corrected chi connectivity index (χ0v) is 22.0. The van der Waals surface area contributed by atoms with Crippen molar-refractivity contribution in [3.63, 3.8) is 0 Å². The highest BCUT2D eigenvalue weighted by Gasteiger charge is 2.16. The van der Waals surface area contributed by atoms with Gasteiger partial charge in [0.25, 0.3) is 0 Å². The van der Waals surface area contributed by atoms with Crippen molar-refractivity contribution in [1.29, 1.82) is 0 Å². The summed E-state index contributed by atoms with van der Waals surface area (Å²) in [6.07, 6.45) is 3.09. The first-order valence-corrected chi connectivity index (χ1v) is 12.5. The van der Waals surface area contributed by atoms with E-state index in [1.807, 2.05) is 42.5 Å². The molecule has 4 rings (SSSR count). The standard InChI is InChI=1S/C30H33N3O5/c1-22(34)38-29-19-23(9-13-28(29)36-3)10-14-30(35)31-27-12-11-25(33-17-15-32(2)16-18-33)20-24(27)21-37-26-7-5-4-6-8-26/h4-14,19-20H,15-18,21H2,1-3H3,(H,31,35)/b14-10+. The van der Waals surface area contributed by atoms with Crippen molar-refractivity contribution < 1.29 is 23.8 Å². The van der Waals surface area contributed by atoms with Gasteiger partial charge in [-0.2, -0.15) is 0 Å². The Balaban J connectivity index is 1.50. The molecule has 0 atom stereocenters. The number of piperazine rings is 1. The first kappa shape index (κ1) is 26.8. The van der Waals surface area contributed by atoms with Crippen LogP contribution in [0, 0.1) is 0 Å². The monoisotopic (exact) mass is 515 g/mol. The Labute approximate surface area is 223 Å². The van der Waals surface area contributed by atoms with Gasteiger partial charge in [-0.15, -0.1) is 0 Å². The third-order valence-corrected chi connectivity index (χ3v) is 6.22. The number of carbonyl (C=O) groups is 2. The van der Waals surface area contributed by atoms with E-state index in [9.17, 15) is 9.59 Å². The van der Waals surface area contributed by atoms with Crippen molar-refractivity contribution >= 4 is 29.3 Å². The van der Waals surface area contributed by atoms with E-state index < -0.39 is 5.97 Å². The molecular formula is C30H33N3O5. The second kappa shape index (κ2) is 12.8. The smallest absolute Gasteiger partial charge is 0.308 e. The summed E-state index contributed by atoms with van der Waals surface area (Å²) in [6.45, 7) is 5.54. The Morgan fingerprint density at radius 1 is 0.947 bits per heavy atom. The molecule has 1 aliphatic heterocycles. The average molecular weight is 516 g/mol. The molecule has 38 heavy (non-hydrogen) atoms. The van der Waals surface area contributed by atoms with Crippen molar-refractivity contribution in [2.75, 3.05) is 50.6 Å². The lowest BCUT2D eigenvalue weighted by Gasteiger charge is -2.34. The second-order valence-corrected chi connectivity index (χ2v) is 9.06. The molecule has 1 amide bonds. The largest absolute Gasteiger partial charge is 0.493 e. The Bertz CT molecular complexity index is 1280. The summed E-state index contributed by atoms with van der Waals surface area (Å²) in [6, 6.07) is 20.8. The fourth-order valence-corrected chi connectivity index (χ4v) is 4.14. The third kappa shape index (κ3) is 7.36. The highest BCUT2D eigenvalue weighted by Crippen LogP contribution is 2.29. The maximum atomic E-state index is 12.9. The Morgan fingerprint density at radius 3 is 2.42 bits per heavy atom. The predicted molar refractivity (Wildman–Crippen MR) is 149 cm³/mol. The van der Waals surface area contributed by atoms with E-state index >= 15 is 0 Å². The van der Waals surface area contributed by atoms with Crippen LogP contribution in [0.1, 0.15) is 18.1 Å². The van der Waals surface area contributed by atoms with Gasteiger partial charge in [0.1, 0.15) is 12.4 Å². The van der Waals surface area contributed by atoms with Gasteiger partial charge in [0, 0.05) is 56.1 Å². The van der Waals surface area contributed by atoms with Crippen molar-refractivity contribution in [1.82, 2.24) is 4.90 Å². The van der Waals surface area contributed by atoms with Crippen LogP contribution in [0.25, 0.3) is 6.08 Å². The van der Waals surface area contributed by atoms with Gasteiger partial charge in [-0.3, -0.25) is 9.59 Å². The first-order chi connectivity index (χ1) is 18.4. The lowest BCUT2D eigenvalue weighted by atomic mass is 10.1. The van der Waals surface area contributed by atoms with E-state index in [4.69, 9.17) is 14.2 Å². The predicted octanol–water partition coefficient (Wildman–Crippen LogP) is 4.60. The summed E-state index contributed by atoms with van der Waals surface area (Å²) >= 11 is 0. The lowest BCUT2D eigenvalue weighted by Crippen LogP contribution is -2.44. The van der Waals surface area contributed by atoms with E-state index in [2.05, 4.69) is 28.2 Å². The molecular weight excluding hydrogens is 482 g/mol. The van der Waals surface area contributed by atoms with Gasteiger partial charge in [-0.1, -0.05) is 24.3 Å². The Kier molecular flexibility index (Phi) is 9.00. The van der Waals surface area contributed by atoms with Crippen molar-refractivity contribution in [3.05, 3.63) is 83.9 Å². The number of esters is 1. The summed E-state index contributed by atoms with van der Waals surface area (Å²) in [7, 11) is 3.63. The molecule has 0 aliphatic carbocycles. The van der Waals surface area contributed by atoms with Gasteiger partial charge < -0.3 is 29.3 Å². The number of nitrogens with zero attached hydrogens (tertiary/aromatic N) is 2. The fourth-order valence-electron chi connectivity index (χ4n) is 4.14. The SMILES string of the molecule is COc1ccc(/C=C/C(=O)Nc2ccc(N3CCN(C)CC3)cc2COc2ccccc2)cc1OC(C)=O. The molecule has 3 aromatic rings. The summed E-state index contributed by atoms with van der Waals surface area (Å²) < 4.78 is 16.5. The molecule has 0 radical (unpaired) electrons. The Morgan fingerprint density at radius 2 is 1.71 bits per heavy atom. The molecule has 8 nitrogen and oxygen atoms in total. The number of hydrogen-bond acceptors (Lipinski definition) is 7.